The number of hydrogen-bond donors (Lipinski definition) is 0. The van der Waals surface area contributed by atoms with E-state index in [1.165, 1.54) is 35.5 Å². The lowest BCUT2D eigenvalue weighted by Gasteiger charge is -2.20. The molecule has 0 heterocycles. The fourth-order valence-electron chi connectivity index (χ4n) is 2.27. The van der Waals surface area contributed by atoms with E-state index in [1.807, 2.05) is 0 Å². The summed E-state index contributed by atoms with van der Waals surface area (Å²) in [6.07, 6.45) is -0.311. The first-order valence-electron chi connectivity index (χ1n) is 6.84. The van der Waals surface area contributed by atoms with Gasteiger partial charge in [-0.2, -0.15) is 5.26 Å². The predicted molar refractivity (Wildman–Crippen MR) is 81.5 cm³/mol. The second-order valence-corrected chi connectivity index (χ2v) is 4.65. The normalized spacial score (nSPS) is 11.7. The minimum absolute atomic E-state index is 0.199. The summed E-state index contributed by atoms with van der Waals surface area (Å²) >= 11 is 0. The highest BCUT2D eigenvalue weighted by atomic mass is 16.7. The lowest BCUT2D eigenvalue weighted by Crippen LogP contribution is -2.25. The Labute approximate surface area is 135 Å². The molecule has 0 aliphatic carbocycles. The molecule has 23 heavy (non-hydrogen) atoms. The van der Waals surface area contributed by atoms with Gasteiger partial charge in [0.05, 0.1) is 27.4 Å². The second kappa shape index (κ2) is 8.98. The largest absolute Gasteiger partial charge is 0.496 e. The molecule has 0 spiro atoms. The fraction of sp³-hybridized carbons (Fsp3) is 0.500. The van der Waals surface area contributed by atoms with Gasteiger partial charge in [0, 0.05) is 14.2 Å². The van der Waals surface area contributed by atoms with Gasteiger partial charge in [-0.25, -0.2) is 4.79 Å². The molecule has 0 amide bonds. The summed E-state index contributed by atoms with van der Waals surface area (Å²) in [7, 11) is 7.11. The van der Waals surface area contributed by atoms with Gasteiger partial charge in [0.1, 0.15) is 23.0 Å². The van der Waals surface area contributed by atoms with Crippen LogP contribution in [0.4, 0.5) is 0 Å². The van der Waals surface area contributed by atoms with Gasteiger partial charge in [-0.15, -0.1) is 0 Å². The third kappa shape index (κ3) is 4.34. The SMILES string of the molecule is COC(=O)c1c(OC)cc(CC(C#N)C(OC)OC)cc1OC. The number of ether oxygens (including phenoxy) is 5. The molecule has 0 aromatic heterocycles. The molecule has 0 saturated carbocycles. The Hall–Kier alpha value is -2.30. The fourth-order valence-corrected chi connectivity index (χ4v) is 2.27. The zero-order valence-electron chi connectivity index (χ0n) is 13.9. The molecule has 1 rings (SSSR count). The molecule has 126 valence electrons. The molecule has 0 aliphatic heterocycles. The molecular weight excluding hydrogens is 302 g/mol. The molecule has 1 aromatic carbocycles. The lowest BCUT2D eigenvalue weighted by molar-refractivity contribution is -0.124. The number of rotatable bonds is 8. The highest BCUT2D eigenvalue weighted by Crippen LogP contribution is 2.32. The van der Waals surface area contributed by atoms with E-state index in [2.05, 4.69) is 6.07 Å². The Morgan fingerprint density at radius 3 is 1.96 bits per heavy atom. The molecule has 0 saturated heterocycles. The van der Waals surface area contributed by atoms with Crippen molar-refractivity contribution in [2.75, 3.05) is 35.5 Å². The quantitative estimate of drug-likeness (QED) is 0.532. The van der Waals surface area contributed by atoms with E-state index in [0.29, 0.717) is 17.9 Å². The lowest BCUT2D eigenvalue weighted by atomic mass is 9.97. The number of benzene rings is 1. The Morgan fingerprint density at radius 2 is 1.61 bits per heavy atom. The summed E-state index contributed by atoms with van der Waals surface area (Å²) in [6, 6.07) is 5.49. The van der Waals surface area contributed by atoms with Crippen molar-refractivity contribution in [3.05, 3.63) is 23.3 Å². The minimum Gasteiger partial charge on any atom is -0.496 e. The Kier molecular flexibility index (Phi) is 7.32. The first-order valence-corrected chi connectivity index (χ1v) is 6.84. The van der Waals surface area contributed by atoms with E-state index in [1.54, 1.807) is 12.1 Å². The van der Waals surface area contributed by atoms with Crippen LogP contribution < -0.4 is 9.47 Å². The van der Waals surface area contributed by atoms with E-state index >= 15 is 0 Å². The van der Waals surface area contributed by atoms with E-state index in [4.69, 9.17) is 23.7 Å². The second-order valence-electron chi connectivity index (χ2n) is 4.65. The van der Waals surface area contributed by atoms with Gasteiger partial charge in [-0.05, 0) is 24.1 Å². The van der Waals surface area contributed by atoms with E-state index < -0.39 is 18.2 Å². The summed E-state index contributed by atoms with van der Waals surface area (Å²) < 4.78 is 25.5. The zero-order valence-corrected chi connectivity index (χ0v) is 13.9. The number of carbonyl (C=O) groups excluding carboxylic acids is 1. The van der Waals surface area contributed by atoms with E-state index in [0.717, 1.165) is 5.56 Å². The molecule has 1 unspecified atom stereocenters. The Bertz CT molecular complexity index is 551. The number of nitrogens with zero attached hydrogens (tertiary/aromatic N) is 1. The van der Waals surface area contributed by atoms with Gasteiger partial charge < -0.3 is 23.7 Å². The maximum absolute atomic E-state index is 11.9. The summed E-state index contributed by atoms with van der Waals surface area (Å²) in [5, 5.41) is 9.31. The van der Waals surface area contributed by atoms with Crippen LogP contribution in [0.15, 0.2) is 12.1 Å². The van der Waals surface area contributed by atoms with Crippen molar-refractivity contribution in [3.63, 3.8) is 0 Å². The van der Waals surface area contributed by atoms with Crippen molar-refractivity contribution < 1.29 is 28.5 Å². The van der Waals surface area contributed by atoms with Gasteiger partial charge in [0.2, 0.25) is 0 Å². The van der Waals surface area contributed by atoms with E-state index in [-0.39, 0.29) is 5.56 Å². The summed E-state index contributed by atoms with van der Waals surface area (Å²) in [4.78, 5) is 11.9. The average Bonchev–Trinajstić information content (AvgIpc) is 2.59. The number of esters is 1. The summed E-state index contributed by atoms with van der Waals surface area (Å²) in [5.41, 5.74) is 0.946. The number of nitriles is 1. The van der Waals surface area contributed by atoms with Crippen LogP contribution in [0.2, 0.25) is 0 Å². The molecule has 0 N–H and O–H groups in total. The smallest absolute Gasteiger partial charge is 0.345 e. The van der Waals surface area contributed by atoms with Crippen LogP contribution >= 0.6 is 0 Å². The Balaban J connectivity index is 3.24. The topological polar surface area (TPSA) is 87.0 Å². The number of hydrogen-bond acceptors (Lipinski definition) is 7. The first kappa shape index (κ1) is 18.7. The van der Waals surface area contributed by atoms with Crippen molar-refractivity contribution in [2.24, 2.45) is 5.92 Å². The monoisotopic (exact) mass is 323 g/mol. The van der Waals surface area contributed by atoms with Gasteiger partial charge in [-0.3, -0.25) is 0 Å². The predicted octanol–water partition coefficient (Wildman–Crippen LogP) is 1.79. The van der Waals surface area contributed by atoms with Crippen molar-refractivity contribution >= 4 is 5.97 Å². The highest BCUT2D eigenvalue weighted by Gasteiger charge is 2.25. The van der Waals surface area contributed by atoms with Crippen LogP contribution in [-0.4, -0.2) is 47.8 Å². The Morgan fingerprint density at radius 1 is 1.09 bits per heavy atom. The van der Waals surface area contributed by atoms with Gasteiger partial charge >= 0.3 is 5.97 Å². The molecule has 1 atom stereocenters. The number of carbonyl (C=O) groups is 1. The standard InChI is InChI=1S/C16H21NO6/c1-19-12-7-10(6-11(9-17)16(22-4)23-5)8-13(20-2)14(12)15(18)21-3/h7-8,11,16H,6H2,1-5H3. The third-order valence-corrected chi connectivity index (χ3v) is 3.37. The summed E-state index contributed by atoms with van der Waals surface area (Å²) in [6.45, 7) is 0. The molecule has 7 nitrogen and oxygen atoms in total. The van der Waals surface area contributed by atoms with E-state index in [9.17, 15) is 10.1 Å². The molecular formula is C16H21NO6. The van der Waals surface area contributed by atoms with Crippen LogP contribution in [0, 0.1) is 17.2 Å². The van der Waals surface area contributed by atoms with Gasteiger partial charge in [0.15, 0.2) is 6.29 Å². The molecule has 7 heteroatoms. The number of methoxy groups -OCH3 is 5. The van der Waals surface area contributed by atoms with Crippen molar-refractivity contribution in [1.29, 1.82) is 5.26 Å². The van der Waals surface area contributed by atoms with Crippen LogP contribution in [0.25, 0.3) is 0 Å². The van der Waals surface area contributed by atoms with Crippen molar-refractivity contribution in [3.8, 4) is 17.6 Å². The molecule has 0 radical (unpaired) electrons. The molecule has 0 fully saturated rings. The van der Waals surface area contributed by atoms with Crippen molar-refractivity contribution in [1.82, 2.24) is 0 Å². The first-order chi connectivity index (χ1) is 11.1. The van der Waals surface area contributed by atoms with Gasteiger partial charge in [-0.1, -0.05) is 0 Å². The highest BCUT2D eigenvalue weighted by molar-refractivity contribution is 5.95. The van der Waals surface area contributed by atoms with Crippen molar-refractivity contribution in [2.45, 2.75) is 12.7 Å². The maximum Gasteiger partial charge on any atom is 0.345 e. The van der Waals surface area contributed by atoms with Crippen LogP contribution in [-0.2, 0) is 20.6 Å². The summed E-state index contributed by atoms with van der Waals surface area (Å²) in [5.74, 6) is -0.458. The molecule has 1 aromatic rings. The van der Waals surface area contributed by atoms with Crippen LogP contribution in [0.1, 0.15) is 15.9 Å². The maximum atomic E-state index is 11.9. The molecule has 0 aliphatic rings. The van der Waals surface area contributed by atoms with Gasteiger partial charge in [0.25, 0.3) is 0 Å². The van der Waals surface area contributed by atoms with Crippen LogP contribution in [0.3, 0.4) is 0 Å². The minimum atomic E-state index is -0.655. The average molecular weight is 323 g/mol. The zero-order chi connectivity index (χ0) is 17.4. The third-order valence-electron chi connectivity index (χ3n) is 3.37. The van der Waals surface area contributed by atoms with Crippen LogP contribution in [0.5, 0.6) is 11.5 Å². The molecule has 0 bridgehead atoms.